The fourth-order valence-corrected chi connectivity index (χ4v) is 8.36. The lowest BCUT2D eigenvalue weighted by atomic mass is 10.0. The van der Waals surface area contributed by atoms with Crippen molar-refractivity contribution in [2.24, 2.45) is 0 Å². The maximum Gasteiger partial charge on any atom is 0.306 e. The maximum absolute atomic E-state index is 13.2. The van der Waals surface area contributed by atoms with E-state index in [0.29, 0.717) is 19.3 Å². The molecule has 0 saturated heterocycles. The van der Waals surface area contributed by atoms with Gasteiger partial charge in [0.05, 0.1) is 25.2 Å². The van der Waals surface area contributed by atoms with Crippen molar-refractivity contribution in [2.45, 2.75) is 296 Å². The highest BCUT2D eigenvalue weighted by Gasteiger charge is 2.24. The number of esters is 1. The van der Waals surface area contributed by atoms with Crippen LogP contribution in [-0.2, 0) is 14.3 Å². The van der Waals surface area contributed by atoms with E-state index in [1.165, 1.54) is 154 Å². The lowest BCUT2D eigenvalue weighted by Crippen LogP contribution is -2.46. The van der Waals surface area contributed by atoms with Crippen LogP contribution < -0.4 is 5.32 Å². The summed E-state index contributed by atoms with van der Waals surface area (Å²) in [7, 11) is 0. The van der Waals surface area contributed by atoms with E-state index in [1.807, 2.05) is 0 Å². The predicted octanol–water partition coefficient (Wildman–Crippen LogP) is 17.2. The van der Waals surface area contributed by atoms with E-state index in [-0.39, 0.29) is 24.9 Å². The van der Waals surface area contributed by atoms with Crippen LogP contribution in [0.2, 0.25) is 0 Å². The molecule has 6 heteroatoms. The minimum absolute atomic E-state index is 0.0496. The molecule has 0 aromatic rings. The summed E-state index contributed by atoms with van der Waals surface area (Å²) < 4.78 is 5.93. The van der Waals surface area contributed by atoms with Crippen molar-refractivity contribution in [3.05, 3.63) is 60.8 Å². The number of amides is 1. The van der Waals surface area contributed by atoms with Gasteiger partial charge in [-0.1, -0.05) is 248 Å². The van der Waals surface area contributed by atoms with E-state index in [9.17, 15) is 19.8 Å². The third kappa shape index (κ3) is 47.8. The standard InChI is InChI=1S/C59H107NO5/c1-4-7-10-13-16-19-22-25-28-31-32-35-38-41-44-47-50-55(65-59(64)52-49-46-43-40-37-34-30-27-24-21-18-15-12-9-6-3)53-58(63)60-56(54-61)57(62)51-48-45-42-39-36-33-29-26-23-20-17-14-11-8-5-2/h18,21-22,24-25,27-28,31-32,35,55-57,61-62H,4-17,19-20,23,26,29-30,33-34,36-54H2,1-3H3,(H,60,63)/b21-18+,25-22+,27-24+,31-28+,35-32+. The van der Waals surface area contributed by atoms with Gasteiger partial charge in [-0.2, -0.15) is 0 Å². The van der Waals surface area contributed by atoms with E-state index >= 15 is 0 Å². The number of aliphatic hydroxyl groups excluding tert-OH is 2. The SMILES string of the molecule is CCCCC/C=C/C=C/CCCCCCCCC(=O)OC(CCCCC/C=C/C=C/C=C/CCCCCCC)CC(=O)NC(CO)C(O)CCCCCCCCCCCCCCCCC. The van der Waals surface area contributed by atoms with E-state index in [2.05, 4.69) is 86.8 Å². The molecule has 0 aliphatic carbocycles. The molecule has 0 fully saturated rings. The van der Waals surface area contributed by atoms with Crippen LogP contribution in [-0.4, -0.2) is 46.9 Å². The number of rotatable bonds is 50. The first kappa shape index (κ1) is 62.6. The van der Waals surface area contributed by atoms with E-state index < -0.39 is 18.2 Å². The first-order valence-corrected chi connectivity index (χ1v) is 28.1. The van der Waals surface area contributed by atoms with Gasteiger partial charge < -0.3 is 20.3 Å². The largest absolute Gasteiger partial charge is 0.462 e. The van der Waals surface area contributed by atoms with Gasteiger partial charge in [0, 0.05) is 6.42 Å². The molecule has 0 aliphatic heterocycles. The van der Waals surface area contributed by atoms with Crippen LogP contribution in [0, 0.1) is 0 Å². The summed E-state index contributed by atoms with van der Waals surface area (Å²) in [5.41, 5.74) is 0. The minimum atomic E-state index is -0.801. The number of unbranched alkanes of at least 4 members (excludes halogenated alkanes) is 31. The molecule has 0 aliphatic rings. The lowest BCUT2D eigenvalue weighted by Gasteiger charge is -2.24. The number of carbonyl (C=O) groups is 2. The van der Waals surface area contributed by atoms with Crippen LogP contribution >= 0.6 is 0 Å². The molecule has 1 amide bonds. The molecule has 3 unspecified atom stereocenters. The molecular formula is C59H107NO5. The Kier molecular flexibility index (Phi) is 50.6. The summed E-state index contributed by atoms with van der Waals surface area (Å²) in [5.74, 6) is -0.515. The van der Waals surface area contributed by atoms with Crippen molar-refractivity contribution >= 4 is 11.9 Å². The molecule has 378 valence electrons. The van der Waals surface area contributed by atoms with Crippen LogP contribution in [0.1, 0.15) is 278 Å². The van der Waals surface area contributed by atoms with E-state index in [0.717, 1.165) is 77.0 Å². The monoisotopic (exact) mass is 910 g/mol. The van der Waals surface area contributed by atoms with Crippen molar-refractivity contribution < 1.29 is 24.5 Å². The molecule has 0 heterocycles. The number of aliphatic hydroxyl groups is 2. The Morgan fingerprint density at radius 1 is 0.446 bits per heavy atom. The lowest BCUT2D eigenvalue weighted by molar-refractivity contribution is -0.151. The van der Waals surface area contributed by atoms with Gasteiger partial charge in [0.2, 0.25) is 5.91 Å². The normalized spacial score (nSPS) is 13.6. The quantitative estimate of drug-likeness (QED) is 0.0321. The Morgan fingerprint density at radius 2 is 0.785 bits per heavy atom. The highest BCUT2D eigenvalue weighted by atomic mass is 16.5. The summed E-state index contributed by atoms with van der Waals surface area (Å²) in [6.45, 7) is 6.44. The average molecular weight is 911 g/mol. The third-order valence-electron chi connectivity index (χ3n) is 12.7. The number of carbonyl (C=O) groups excluding carboxylic acids is 2. The van der Waals surface area contributed by atoms with Crippen LogP contribution in [0.25, 0.3) is 0 Å². The third-order valence-corrected chi connectivity index (χ3v) is 12.7. The second-order valence-electron chi connectivity index (χ2n) is 19.1. The smallest absolute Gasteiger partial charge is 0.306 e. The predicted molar refractivity (Wildman–Crippen MR) is 282 cm³/mol. The molecule has 6 nitrogen and oxygen atoms in total. The van der Waals surface area contributed by atoms with E-state index in [4.69, 9.17) is 4.74 Å². The number of hydrogen-bond acceptors (Lipinski definition) is 5. The summed E-state index contributed by atoms with van der Waals surface area (Å²) in [4.78, 5) is 26.2. The summed E-state index contributed by atoms with van der Waals surface area (Å²) in [6, 6.07) is -0.717. The summed E-state index contributed by atoms with van der Waals surface area (Å²) in [5, 5.41) is 23.8. The van der Waals surface area contributed by atoms with Crippen LogP contribution in [0.5, 0.6) is 0 Å². The Labute approximate surface area is 403 Å². The van der Waals surface area contributed by atoms with Gasteiger partial charge >= 0.3 is 5.97 Å². The maximum atomic E-state index is 13.2. The van der Waals surface area contributed by atoms with Crippen molar-refractivity contribution in [3.8, 4) is 0 Å². The summed E-state index contributed by atoms with van der Waals surface area (Å²) in [6.07, 6.45) is 65.6. The number of ether oxygens (including phenoxy) is 1. The highest BCUT2D eigenvalue weighted by molar-refractivity contribution is 5.77. The van der Waals surface area contributed by atoms with Gasteiger partial charge in [0.1, 0.15) is 6.10 Å². The van der Waals surface area contributed by atoms with Crippen molar-refractivity contribution in [3.63, 3.8) is 0 Å². The zero-order chi connectivity index (χ0) is 47.4. The van der Waals surface area contributed by atoms with Gasteiger partial charge in [-0.15, -0.1) is 0 Å². The average Bonchev–Trinajstić information content (AvgIpc) is 3.30. The molecule has 65 heavy (non-hydrogen) atoms. The number of allylic oxidation sites excluding steroid dienone is 10. The number of hydrogen-bond donors (Lipinski definition) is 3. The molecule has 3 N–H and O–H groups in total. The van der Waals surface area contributed by atoms with Gasteiger partial charge in [0.15, 0.2) is 0 Å². The second-order valence-corrected chi connectivity index (χ2v) is 19.1. The molecule has 3 atom stereocenters. The molecule has 0 radical (unpaired) electrons. The first-order valence-electron chi connectivity index (χ1n) is 28.1. The van der Waals surface area contributed by atoms with Crippen LogP contribution in [0.15, 0.2) is 60.8 Å². The Morgan fingerprint density at radius 3 is 1.23 bits per heavy atom. The Bertz CT molecular complexity index is 1160. The summed E-state index contributed by atoms with van der Waals surface area (Å²) >= 11 is 0. The zero-order valence-electron chi connectivity index (χ0n) is 43.1. The molecule has 0 aromatic heterocycles. The van der Waals surface area contributed by atoms with Gasteiger partial charge in [0.25, 0.3) is 0 Å². The van der Waals surface area contributed by atoms with Crippen molar-refractivity contribution in [1.29, 1.82) is 0 Å². The second kappa shape index (κ2) is 52.5. The fraction of sp³-hybridized carbons (Fsp3) is 0.797. The Hall–Kier alpha value is -2.44. The number of nitrogens with one attached hydrogen (secondary N) is 1. The minimum Gasteiger partial charge on any atom is -0.462 e. The molecule has 0 spiro atoms. The molecular weight excluding hydrogens is 803 g/mol. The Balaban J connectivity index is 4.65. The molecule has 0 rings (SSSR count). The van der Waals surface area contributed by atoms with Crippen molar-refractivity contribution in [1.82, 2.24) is 5.32 Å². The fourth-order valence-electron chi connectivity index (χ4n) is 8.36. The van der Waals surface area contributed by atoms with Crippen molar-refractivity contribution in [2.75, 3.05) is 6.61 Å². The first-order chi connectivity index (χ1) is 32.0. The molecule has 0 saturated carbocycles. The zero-order valence-corrected chi connectivity index (χ0v) is 43.1. The van der Waals surface area contributed by atoms with Gasteiger partial charge in [-0.05, 0) is 77.0 Å². The molecule has 0 aromatic carbocycles. The topological polar surface area (TPSA) is 95.9 Å². The van der Waals surface area contributed by atoms with Gasteiger partial charge in [-0.25, -0.2) is 0 Å². The van der Waals surface area contributed by atoms with Gasteiger partial charge in [-0.3, -0.25) is 9.59 Å². The van der Waals surface area contributed by atoms with E-state index in [1.54, 1.807) is 0 Å². The highest BCUT2D eigenvalue weighted by Crippen LogP contribution is 2.18. The van der Waals surface area contributed by atoms with Crippen LogP contribution in [0.4, 0.5) is 0 Å². The molecule has 0 bridgehead atoms. The van der Waals surface area contributed by atoms with Crippen LogP contribution in [0.3, 0.4) is 0 Å².